The van der Waals surface area contributed by atoms with E-state index in [1.165, 1.54) is 6.08 Å². The Morgan fingerprint density at radius 2 is 1.77 bits per heavy atom. The Kier molecular flexibility index (Phi) is 5.37. The van der Waals surface area contributed by atoms with E-state index in [0.29, 0.717) is 23.5 Å². The lowest BCUT2D eigenvalue weighted by molar-refractivity contribution is -0.117. The third kappa shape index (κ3) is 3.77. The highest BCUT2D eigenvalue weighted by atomic mass is 16.5. The topological polar surface area (TPSA) is 55.8 Å². The summed E-state index contributed by atoms with van der Waals surface area (Å²) in [5.74, 6) is 1.29. The van der Waals surface area contributed by atoms with Crippen LogP contribution in [0.5, 0.6) is 11.5 Å². The summed E-state index contributed by atoms with van der Waals surface area (Å²) in [5.41, 5.74) is 2.26. The monoisotopic (exact) mass is 351 g/mol. The lowest BCUT2D eigenvalue weighted by atomic mass is 10.1. The van der Waals surface area contributed by atoms with Crippen molar-refractivity contribution in [3.05, 3.63) is 59.7 Å². The van der Waals surface area contributed by atoms with Crippen LogP contribution in [0.3, 0.4) is 0 Å². The SMILES string of the molecule is COc1ccc(/C=C/C(=O)c2ccc(N3CCCC3=O)cc2)cc1OC. The van der Waals surface area contributed by atoms with E-state index in [1.807, 2.05) is 24.3 Å². The third-order valence-electron chi connectivity index (χ3n) is 4.37. The molecule has 0 aliphatic carbocycles. The molecular weight excluding hydrogens is 330 g/mol. The van der Waals surface area contributed by atoms with Crippen molar-refractivity contribution in [2.45, 2.75) is 12.8 Å². The predicted molar refractivity (Wildman–Crippen MR) is 101 cm³/mol. The second-order valence-electron chi connectivity index (χ2n) is 6.01. The molecule has 0 saturated carbocycles. The maximum atomic E-state index is 12.4. The van der Waals surface area contributed by atoms with E-state index in [9.17, 15) is 9.59 Å². The van der Waals surface area contributed by atoms with E-state index in [-0.39, 0.29) is 11.7 Å². The number of hydrogen-bond acceptors (Lipinski definition) is 4. The number of ketones is 1. The van der Waals surface area contributed by atoms with Gasteiger partial charge in [-0.2, -0.15) is 0 Å². The maximum Gasteiger partial charge on any atom is 0.227 e. The number of ether oxygens (including phenoxy) is 2. The van der Waals surface area contributed by atoms with Gasteiger partial charge in [-0.25, -0.2) is 0 Å². The van der Waals surface area contributed by atoms with Gasteiger partial charge < -0.3 is 14.4 Å². The normalized spacial score (nSPS) is 14.1. The van der Waals surface area contributed by atoms with E-state index in [2.05, 4.69) is 0 Å². The second kappa shape index (κ2) is 7.87. The molecule has 1 amide bonds. The number of anilines is 1. The maximum absolute atomic E-state index is 12.4. The molecule has 134 valence electrons. The van der Waals surface area contributed by atoms with E-state index in [1.54, 1.807) is 43.4 Å². The lowest BCUT2D eigenvalue weighted by Crippen LogP contribution is -2.23. The molecule has 3 rings (SSSR count). The summed E-state index contributed by atoms with van der Waals surface area (Å²) in [4.78, 5) is 25.9. The van der Waals surface area contributed by atoms with Crippen LogP contribution in [0.1, 0.15) is 28.8 Å². The van der Waals surface area contributed by atoms with Crippen molar-refractivity contribution in [1.82, 2.24) is 0 Å². The van der Waals surface area contributed by atoms with Gasteiger partial charge in [-0.05, 0) is 54.5 Å². The summed E-state index contributed by atoms with van der Waals surface area (Å²) < 4.78 is 10.5. The van der Waals surface area contributed by atoms with Crippen LogP contribution < -0.4 is 14.4 Å². The van der Waals surface area contributed by atoms with Crippen molar-refractivity contribution in [2.75, 3.05) is 25.7 Å². The zero-order valence-corrected chi connectivity index (χ0v) is 14.9. The average Bonchev–Trinajstić information content (AvgIpc) is 3.11. The van der Waals surface area contributed by atoms with Gasteiger partial charge >= 0.3 is 0 Å². The zero-order chi connectivity index (χ0) is 18.5. The lowest BCUT2D eigenvalue weighted by Gasteiger charge is -2.15. The van der Waals surface area contributed by atoms with Crippen LogP contribution in [0.2, 0.25) is 0 Å². The summed E-state index contributed by atoms with van der Waals surface area (Å²) in [6.07, 6.45) is 4.74. The number of hydrogen-bond donors (Lipinski definition) is 0. The number of carbonyl (C=O) groups excluding carboxylic acids is 2. The number of methoxy groups -OCH3 is 2. The minimum absolute atomic E-state index is 0.0981. The van der Waals surface area contributed by atoms with E-state index < -0.39 is 0 Å². The molecule has 0 N–H and O–H groups in total. The fourth-order valence-corrected chi connectivity index (χ4v) is 2.95. The quantitative estimate of drug-likeness (QED) is 0.588. The molecule has 0 bridgehead atoms. The van der Waals surface area contributed by atoms with Crippen molar-refractivity contribution < 1.29 is 19.1 Å². The Balaban J connectivity index is 1.71. The van der Waals surface area contributed by atoms with Gasteiger partial charge in [-0.3, -0.25) is 9.59 Å². The number of allylic oxidation sites excluding steroid dienone is 1. The van der Waals surface area contributed by atoms with Crippen LogP contribution in [-0.2, 0) is 4.79 Å². The molecule has 1 heterocycles. The van der Waals surface area contributed by atoms with Crippen LogP contribution in [0, 0.1) is 0 Å². The zero-order valence-electron chi connectivity index (χ0n) is 14.9. The first kappa shape index (κ1) is 17.7. The highest BCUT2D eigenvalue weighted by Gasteiger charge is 2.21. The number of nitrogens with zero attached hydrogens (tertiary/aromatic N) is 1. The van der Waals surface area contributed by atoms with E-state index in [4.69, 9.17) is 9.47 Å². The molecule has 5 nitrogen and oxygen atoms in total. The van der Waals surface area contributed by atoms with Crippen molar-refractivity contribution in [3.63, 3.8) is 0 Å². The first-order valence-corrected chi connectivity index (χ1v) is 8.47. The molecule has 2 aromatic rings. The minimum Gasteiger partial charge on any atom is -0.493 e. The molecule has 0 spiro atoms. The molecular formula is C21H21NO4. The van der Waals surface area contributed by atoms with E-state index in [0.717, 1.165) is 24.2 Å². The minimum atomic E-state index is -0.0981. The van der Waals surface area contributed by atoms with Crippen molar-refractivity contribution >= 4 is 23.5 Å². The Labute approximate surface area is 152 Å². The van der Waals surface area contributed by atoms with Gasteiger partial charge in [0.05, 0.1) is 14.2 Å². The van der Waals surface area contributed by atoms with Crippen molar-refractivity contribution in [2.24, 2.45) is 0 Å². The number of benzene rings is 2. The van der Waals surface area contributed by atoms with Gasteiger partial charge in [0.25, 0.3) is 0 Å². The number of amides is 1. The fourth-order valence-electron chi connectivity index (χ4n) is 2.95. The molecule has 0 aromatic heterocycles. The van der Waals surface area contributed by atoms with Gasteiger partial charge in [0.2, 0.25) is 5.91 Å². The van der Waals surface area contributed by atoms with Crippen LogP contribution in [-0.4, -0.2) is 32.5 Å². The Hall–Kier alpha value is -3.08. The molecule has 1 saturated heterocycles. The number of carbonyl (C=O) groups is 2. The van der Waals surface area contributed by atoms with Crippen molar-refractivity contribution in [3.8, 4) is 11.5 Å². The highest BCUT2D eigenvalue weighted by Crippen LogP contribution is 2.28. The molecule has 1 aliphatic rings. The molecule has 2 aromatic carbocycles. The molecule has 26 heavy (non-hydrogen) atoms. The summed E-state index contributed by atoms with van der Waals surface area (Å²) in [6.45, 7) is 0.741. The standard InChI is InChI=1S/C21H21NO4/c1-25-19-12-6-15(14-20(19)26-2)5-11-18(23)16-7-9-17(10-8-16)22-13-3-4-21(22)24/h5-12,14H,3-4,13H2,1-2H3/b11-5+. The fraction of sp³-hybridized carbons (Fsp3) is 0.238. The largest absolute Gasteiger partial charge is 0.493 e. The molecule has 1 aliphatic heterocycles. The van der Waals surface area contributed by atoms with Crippen LogP contribution in [0.4, 0.5) is 5.69 Å². The van der Waals surface area contributed by atoms with Gasteiger partial charge in [0, 0.05) is 24.2 Å². The Bertz CT molecular complexity index is 840. The van der Waals surface area contributed by atoms with Crippen molar-refractivity contribution in [1.29, 1.82) is 0 Å². The summed E-state index contributed by atoms with van der Waals surface area (Å²) >= 11 is 0. The summed E-state index contributed by atoms with van der Waals surface area (Å²) in [6, 6.07) is 12.6. The molecule has 1 fully saturated rings. The van der Waals surface area contributed by atoms with Gasteiger partial charge in [0.1, 0.15) is 0 Å². The smallest absolute Gasteiger partial charge is 0.227 e. The van der Waals surface area contributed by atoms with Gasteiger partial charge in [0.15, 0.2) is 17.3 Å². The molecule has 5 heteroatoms. The molecule has 0 radical (unpaired) electrons. The van der Waals surface area contributed by atoms with Gasteiger partial charge in [-0.1, -0.05) is 12.1 Å². The second-order valence-corrected chi connectivity index (χ2v) is 6.01. The van der Waals surface area contributed by atoms with Gasteiger partial charge in [-0.15, -0.1) is 0 Å². The first-order valence-electron chi connectivity index (χ1n) is 8.47. The highest BCUT2D eigenvalue weighted by molar-refractivity contribution is 6.07. The number of rotatable bonds is 6. The molecule has 0 unspecified atom stereocenters. The van der Waals surface area contributed by atoms with Crippen LogP contribution >= 0.6 is 0 Å². The Morgan fingerprint density at radius 3 is 2.38 bits per heavy atom. The Morgan fingerprint density at radius 1 is 1.04 bits per heavy atom. The van der Waals surface area contributed by atoms with E-state index >= 15 is 0 Å². The third-order valence-corrected chi connectivity index (χ3v) is 4.37. The predicted octanol–water partition coefficient (Wildman–Crippen LogP) is 3.73. The van der Waals surface area contributed by atoms with Crippen LogP contribution in [0.15, 0.2) is 48.5 Å². The first-order chi connectivity index (χ1) is 12.6. The average molecular weight is 351 g/mol. The summed E-state index contributed by atoms with van der Waals surface area (Å²) in [7, 11) is 3.15. The van der Waals surface area contributed by atoms with Crippen LogP contribution in [0.25, 0.3) is 6.08 Å². The summed E-state index contributed by atoms with van der Waals surface area (Å²) in [5, 5.41) is 0. The molecule has 0 atom stereocenters.